The highest BCUT2D eigenvalue weighted by Crippen LogP contribution is 2.54. The summed E-state index contributed by atoms with van der Waals surface area (Å²) in [5, 5.41) is 0.825. The largest absolute Gasteiger partial charge is 0.239 e. The van der Waals surface area contributed by atoms with Crippen molar-refractivity contribution < 1.29 is 0 Å². The average Bonchev–Trinajstić information content (AvgIpc) is 2.65. The molecule has 0 radical (unpaired) electrons. The molecule has 102 valence electrons. The third-order valence-corrected chi connectivity index (χ3v) is 6.22. The van der Waals surface area contributed by atoms with E-state index in [1.807, 2.05) is 24.1 Å². The van der Waals surface area contributed by atoms with Gasteiger partial charge in [0.05, 0.1) is 5.54 Å². The Bertz CT molecular complexity index is 517. The first kappa shape index (κ1) is 13.5. The molecule has 0 unspecified atom stereocenters. The van der Waals surface area contributed by atoms with Crippen LogP contribution in [0.1, 0.15) is 44.6 Å². The van der Waals surface area contributed by atoms with Gasteiger partial charge in [0, 0.05) is 9.93 Å². The lowest BCUT2D eigenvalue weighted by molar-refractivity contribution is 0.211. The van der Waals surface area contributed by atoms with Crippen LogP contribution >= 0.6 is 23.5 Å². The maximum atomic E-state index is 6.14. The van der Waals surface area contributed by atoms with E-state index in [0.29, 0.717) is 5.54 Å². The highest BCUT2D eigenvalue weighted by atomic mass is 35.5. The summed E-state index contributed by atoms with van der Waals surface area (Å²) < 4.78 is 2.48. The maximum Gasteiger partial charge on any atom is 0.0533 e. The smallest absolute Gasteiger partial charge is 0.0533 e. The van der Waals surface area contributed by atoms with Gasteiger partial charge in [-0.1, -0.05) is 43.0 Å². The van der Waals surface area contributed by atoms with E-state index in [9.17, 15) is 0 Å². The van der Waals surface area contributed by atoms with Crippen molar-refractivity contribution in [2.75, 3.05) is 7.05 Å². The van der Waals surface area contributed by atoms with Gasteiger partial charge in [-0.25, -0.2) is 4.31 Å². The standard InChI is InChI=1S/C16H20ClNS/c1-12-15(13-7-6-8-14(17)11-13)19-18(2)16(12)9-4-3-5-10-16/h6-8,11H,3-5,9-10H2,1-2H3. The Morgan fingerprint density at radius 1 is 1.21 bits per heavy atom. The van der Waals surface area contributed by atoms with E-state index in [4.69, 9.17) is 11.6 Å². The minimum Gasteiger partial charge on any atom is -0.239 e. The molecule has 1 saturated carbocycles. The molecule has 1 aromatic carbocycles. The summed E-state index contributed by atoms with van der Waals surface area (Å²) in [4.78, 5) is 1.41. The van der Waals surface area contributed by atoms with Crippen LogP contribution in [0.5, 0.6) is 0 Å². The fourth-order valence-electron chi connectivity index (χ4n) is 3.47. The van der Waals surface area contributed by atoms with Gasteiger partial charge in [-0.2, -0.15) is 0 Å². The van der Waals surface area contributed by atoms with E-state index in [0.717, 1.165) is 5.02 Å². The summed E-state index contributed by atoms with van der Waals surface area (Å²) >= 11 is 8.03. The van der Waals surface area contributed by atoms with Crippen LogP contribution in [0.3, 0.4) is 0 Å². The Kier molecular flexibility index (Phi) is 3.67. The van der Waals surface area contributed by atoms with Crippen molar-refractivity contribution in [1.82, 2.24) is 4.31 Å². The fourth-order valence-corrected chi connectivity index (χ4v) is 4.98. The summed E-state index contributed by atoms with van der Waals surface area (Å²) in [6.07, 6.45) is 6.69. The second-order valence-electron chi connectivity index (χ2n) is 5.65. The van der Waals surface area contributed by atoms with Gasteiger partial charge < -0.3 is 0 Å². The summed E-state index contributed by atoms with van der Waals surface area (Å²) in [6, 6.07) is 8.25. The number of hydrogen-bond acceptors (Lipinski definition) is 2. The molecule has 3 heteroatoms. The predicted octanol–water partition coefficient (Wildman–Crippen LogP) is 5.37. The van der Waals surface area contributed by atoms with Crippen LogP contribution in [0.4, 0.5) is 0 Å². The lowest BCUT2D eigenvalue weighted by Gasteiger charge is -2.40. The fraction of sp³-hybridized carbons (Fsp3) is 0.500. The molecule has 3 rings (SSSR count). The quantitative estimate of drug-likeness (QED) is 0.641. The van der Waals surface area contributed by atoms with Gasteiger partial charge in [0.1, 0.15) is 0 Å². The molecule has 0 saturated heterocycles. The molecule has 0 N–H and O–H groups in total. The van der Waals surface area contributed by atoms with E-state index in [1.54, 1.807) is 5.57 Å². The van der Waals surface area contributed by atoms with Gasteiger partial charge in [0.2, 0.25) is 0 Å². The third-order valence-electron chi connectivity index (χ3n) is 4.64. The molecule has 2 aliphatic rings. The molecule has 0 bridgehead atoms. The van der Waals surface area contributed by atoms with E-state index >= 15 is 0 Å². The van der Waals surface area contributed by atoms with Gasteiger partial charge in [-0.05, 0) is 62.0 Å². The summed E-state index contributed by atoms with van der Waals surface area (Å²) in [5.74, 6) is 0. The Hall–Kier alpha value is -0.440. The van der Waals surface area contributed by atoms with Crippen LogP contribution in [0, 0.1) is 0 Å². The van der Waals surface area contributed by atoms with Gasteiger partial charge in [-0.3, -0.25) is 0 Å². The molecule has 1 nitrogen and oxygen atoms in total. The van der Waals surface area contributed by atoms with Crippen LogP contribution in [-0.2, 0) is 0 Å². The van der Waals surface area contributed by atoms with Crippen molar-refractivity contribution in [2.45, 2.75) is 44.6 Å². The monoisotopic (exact) mass is 293 g/mol. The van der Waals surface area contributed by atoms with Gasteiger partial charge in [-0.15, -0.1) is 0 Å². The van der Waals surface area contributed by atoms with Gasteiger partial charge in [0.25, 0.3) is 0 Å². The van der Waals surface area contributed by atoms with E-state index in [1.165, 1.54) is 42.6 Å². The number of halogens is 1. The van der Waals surface area contributed by atoms with Crippen LogP contribution in [0.25, 0.3) is 4.91 Å². The molecule has 0 amide bonds. The Balaban J connectivity index is 2.02. The molecule has 1 aliphatic carbocycles. The highest BCUT2D eigenvalue weighted by molar-refractivity contribution is 8.06. The Morgan fingerprint density at radius 3 is 2.63 bits per heavy atom. The molecule has 19 heavy (non-hydrogen) atoms. The summed E-state index contributed by atoms with van der Waals surface area (Å²) in [6.45, 7) is 2.32. The minimum atomic E-state index is 0.292. The first-order chi connectivity index (χ1) is 9.13. The molecule has 1 aromatic rings. The lowest BCUT2D eigenvalue weighted by atomic mass is 9.76. The maximum absolute atomic E-state index is 6.14. The van der Waals surface area contributed by atoms with Crippen molar-refractivity contribution in [1.29, 1.82) is 0 Å². The van der Waals surface area contributed by atoms with Gasteiger partial charge in [0.15, 0.2) is 0 Å². The van der Waals surface area contributed by atoms with Gasteiger partial charge >= 0.3 is 0 Å². The second kappa shape index (κ2) is 5.16. The highest BCUT2D eigenvalue weighted by Gasteiger charge is 2.44. The number of benzene rings is 1. The van der Waals surface area contributed by atoms with Crippen molar-refractivity contribution in [3.05, 3.63) is 40.4 Å². The van der Waals surface area contributed by atoms with Crippen molar-refractivity contribution >= 4 is 28.5 Å². The van der Waals surface area contributed by atoms with Crippen LogP contribution in [0.15, 0.2) is 29.8 Å². The Morgan fingerprint density at radius 2 is 1.95 bits per heavy atom. The zero-order valence-electron chi connectivity index (χ0n) is 11.6. The van der Waals surface area contributed by atoms with Crippen LogP contribution in [-0.4, -0.2) is 16.9 Å². The van der Waals surface area contributed by atoms with E-state index in [2.05, 4.69) is 30.4 Å². The zero-order chi connectivity index (χ0) is 13.5. The molecular formula is C16H20ClNS. The Labute approximate surface area is 125 Å². The molecule has 0 aromatic heterocycles. The zero-order valence-corrected chi connectivity index (χ0v) is 13.2. The predicted molar refractivity (Wildman–Crippen MR) is 85.2 cm³/mol. The van der Waals surface area contributed by atoms with Crippen molar-refractivity contribution in [3.8, 4) is 0 Å². The summed E-state index contributed by atoms with van der Waals surface area (Å²) in [7, 11) is 2.25. The number of nitrogens with zero attached hydrogens (tertiary/aromatic N) is 1. The molecule has 1 fully saturated rings. The SMILES string of the molecule is CC1=C(c2cccc(Cl)c2)SN(C)C12CCCCC2. The lowest BCUT2D eigenvalue weighted by Crippen LogP contribution is -2.42. The van der Waals surface area contributed by atoms with E-state index in [-0.39, 0.29) is 0 Å². The van der Waals surface area contributed by atoms with Crippen molar-refractivity contribution in [2.24, 2.45) is 0 Å². The summed E-state index contributed by atoms with van der Waals surface area (Å²) in [5.41, 5.74) is 3.10. The number of likely N-dealkylation sites (N-methyl/N-ethyl adjacent to an activating group) is 1. The molecule has 1 spiro atoms. The number of hydrogen-bond donors (Lipinski definition) is 0. The molecule has 1 heterocycles. The third kappa shape index (κ3) is 2.24. The topological polar surface area (TPSA) is 3.24 Å². The first-order valence-corrected chi connectivity index (χ1v) is 8.18. The second-order valence-corrected chi connectivity index (χ2v) is 7.22. The molecule has 1 aliphatic heterocycles. The van der Waals surface area contributed by atoms with Crippen molar-refractivity contribution in [3.63, 3.8) is 0 Å². The minimum absolute atomic E-state index is 0.292. The van der Waals surface area contributed by atoms with Crippen LogP contribution in [0.2, 0.25) is 5.02 Å². The first-order valence-electron chi connectivity index (χ1n) is 7.02. The molecule has 0 atom stereocenters. The van der Waals surface area contributed by atoms with Crippen LogP contribution < -0.4 is 0 Å². The van der Waals surface area contributed by atoms with E-state index < -0.39 is 0 Å². The molecular weight excluding hydrogens is 274 g/mol. The average molecular weight is 294 g/mol. The number of rotatable bonds is 1. The normalized spacial score (nSPS) is 23.3.